The van der Waals surface area contributed by atoms with Crippen LogP contribution in [-0.2, 0) is 11.2 Å². The predicted octanol–water partition coefficient (Wildman–Crippen LogP) is 1.75. The molecule has 0 radical (unpaired) electrons. The molecule has 0 unspecified atom stereocenters. The summed E-state index contributed by atoms with van der Waals surface area (Å²) < 4.78 is 0. The molecule has 0 aromatic heterocycles. The van der Waals surface area contributed by atoms with Gasteiger partial charge in [-0.25, -0.2) is 0 Å². The number of rotatable bonds is 4. The minimum Gasteiger partial charge on any atom is -0.481 e. The van der Waals surface area contributed by atoms with Gasteiger partial charge in [0.1, 0.15) is 0 Å². The van der Waals surface area contributed by atoms with Crippen molar-refractivity contribution in [3.05, 3.63) is 29.8 Å². The third kappa shape index (κ3) is 4.19. The van der Waals surface area contributed by atoms with Crippen molar-refractivity contribution in [3.8, 4) is 11.8 Å². The smallest absolute Gasteiger partial charge is 0.307 e. The maximum Gasteiger partial charge on any atom is 0.307 e. The molecule has 0 saturated heterocycles. The summed E-state index contributed by atoms with van der Waals surface area (Å²) in [6.07, 6.45) is 0.0645. The molecule has 0 spiro atoms. The lowest BCUT2D eigenvalue weighted by atomic mass is 10.1. The normalized spacial score (nSPS) is 8.87. The third-order valence-electron chi connectivity index (χ3n) is 1.87. The van der Waals surface area contributed by atoms with Crippen LogP contribution in [0.1, 0.15) is 12.5 Å². The topological polar surface area (TPSA) is 49.3 Å². The fourth-order valence-corrected chi connectivity index (χ4v) is 1.15. The van der Waals surface area contributed by atoms with Crippen LogP contribution < -0.4 is 5.32 Å². The lowest BCUT2D eigenvalue weighted by Gasteiger charge is -2.03. The summed E-state index contributed by atoms with van der Waals surface area (Å²) in [5.74, 6) is 4.86. The van der Waals surface area contributed by atoms with Gasteiger partial charge in [0, 0.05) is 5.69 Å². The summed E-state index contributed by atoms with van der Waals surface area (Å²) in [5, 5.41) is 11.7. The Labute approximate surface area is 89.1 Å². The van der Waals surface area contributed by atoms with E-state index in [1.165, 1.54) is 0 Å². The SMILES string of the molecule is CC#CCNc1ccc(CC(=O)O)cc1. The van der Waals surface area contributed by atoms with Crippen LogP contribution in [0.4, 0.5) is 5.69 Å². The van der Waals surface area contributed by atoms with E-state index in [2.05, 4.69) is 17.2 Å². The first-order chi connectivity index (χ1) is 7.22. The monoisotopic (exact) mass is 203 g/mol. The Morgan fingerprint density at radius 2 is 2.07 bits per heavy atom. The van der Waals surface area contributed by atoms with E-state index >= 15 is 0 Å². The van der Waals surface area contributed by atoms with Crippen LogP contribution in [0.2, 0.25) is 0 Å². The number of hydrogen-bond acceptors (Lipinski definition) is 2. The van der Waals surface area contributed by atoms with Crippen molar-refractivity contribution in [2.24, 2.45) is 0 Å². The average Bonchev–Trinajstić information content (AvgIpc) is 2.20. The highest BCUT2D eigenvalue weighted by molar-refractivity contribution is 5.70. The van der Waals surface area contributed by atoms with E-state index in [-0.39, 0.29) is 6.42 Å². The van der Waals surface area contributed by atoms with Gasteiger partial charge in [-0.1, -0.05) is 18.1 Å². The first-order valence-electron chi connectivity index (χ1n) is 4.66. The molecule has 78 valence electrons. The molecule has 0 saturated carbocycles. The Hall–Kier alpha value is -1.95. The van der Waals surface area contributed by atoms with Gasteiger partial charge < -0.3 is 10.4 Å². The Balaban J connectivity index is 2.54. The molecule has 0 heterocycles. The van der Waals surface area contributed by atoms with Crippen molar-refractivity contribution in [1.82, 2.24) is 0 Å². The largest absolute Gasteiger partial charge is 0.481 e. The van der Waals surface area contributed by atoms with E-state index in [9.17, 15) is 4.79 Å². The van der Waals surface area contributed by atoms with Gasteiger partial charge in [-0.2, -0.15) is 0 Å². The molecular formula is C12H13NO2. The first-order valence-corrected chi connectivity index (χ1v) is 4.66. The van der Waals surface area contributed by atoms with Gasteiger partial charge in [-0.15, -0.1) is 5.92 Å². The number of nitrogens with one attached hydrogen (secondary N) is 1. The van der Waals surface area contributed by atoms with Crippen LogP contribution in [-0.4, -0.2) is 17.6 Å². The van der Waals surface area contributed by atoms with Crippen molar-refractivity contribution < 1.29 is 9.90 Å². The van der Waals surface area contributed by atoms with Gasteiger partial charge in [0.15, 0.2) is 0 Å². The van der Waals surface area contributed by atoms with E-state index in [1.54, 1.807) is 19.1 Å². The number of benzene rings is 1. The summed E-state index contributed by atoms with van der Waals surface area (Å²) in [7, 11) is 0. The quantitative estimate of drug-likeness (QED) is 0.733. The molecule has 0 fully saturated rings. The molecule has 0 aliphatic carbocycles. The highest BCUT2D eigenvalue weighted by Crippen LogP contribution is 2.09. The summed E-state index contributed by atoms with van der Waals surface area (Å²) in [4.78, 5) is 10.4. The van der Waals surface area contributed by atoms with E-state index < -0.39 is 5.97 Å². The number of carboxylic acids is 1. The Morgan fingerprint density at radius 3 is 2.60 bits per heavy atom. The Kier molecular flexibility index (Phi) is 4.24. The minimum atomic E-state index is -0.812. The predicted molar refractivity (Wildman–Crippen MR) is 59.7 cm³/mol. The maximum absolute atomic E-state index is 10.4. The van der Waals surface area contributed by atoms with Crippen molar-refractivity contribution in [2.75, 3.05) is 11.9 Å². The number of hydrogen-bond donors (Lipinski definition) is 2. The fraction of sp³-hybridized carbons (Fsp3) is 0.250. The van der Waals surface area contributed by atoms with Gasteiger partial charge in [0.05, 0.1) is 13.0 Å². The molecule has 1 aromatic carbocycles. The van der Waals surface area contributed by atoms with Crippen molar-refractivity contribution in [3.63, 3.8) is 0 Å². The van der Waals surface area contributed by atoms with Crippen LogP contribution in [0.5, 0.6) is 0 Å². The summed E-state index contributed by atoms with van der Waals surface area (Å²) >= 11 is 0. The second-order valence-corrected chi connectivity index (χ2v) is 3.05. The molecule has 1 rings (SSSR count). The zero-order valence-corrected chi connectivity index (χ0v) is 8.58. The number of carbonyl (C=O) groups is 1. The molecule has 0 bridgehead atoms. The van der Waals surface area contributed by atoms with Gasteiger partial charge >= 0.3 is 5.97 Å². The molecule has 0 amide bonds. The zero-order valence-electron chi connectivity index (χ0n) is 8.58. The molecule has 3 heteroatoms. The van der Waals surface area contributed by atoms with Crippen LogP contribution in [0.15, 0.2) is 24.3 Å². The molecule has 0 aliphatic heterocycles. The zero-order chi connectivity index (χ0) is 11.1. The summed E-state index contributed by atoms with van der Waals surface area (Å²) in [6.45, 7) is 2.40. The van der Waals surface area contributed by atoms with Crippen LogP contribution in [0.25, 0.3) is 0 Å². The van der Waals surface area contributed by atoms with Crippen LogP contribution in [0, 0.1) is 11.8 Å². The van der Waals surface area contributed by atoms with Crippen molar-refractivity contribution in [2.45, 2.75) is 13.3 Å². The highest BCUT2D eigenvalue weighted by atomic mass is 16.4. The second kappa shape index (κ2) is 5.71. The Bertz CT molecular complexity index is 384. The van der Waals surface area contributed by atoms with Gasteiger partial charge in [0.2, 0.25) is 0 Å². The van der Waals surface area contributed by atoms with Crippen LogP contribution in [0.3, 0.4) is 0 Å². The number of anilines is 1. The van der Waals surface area contributed by atoms with E-state index in [1.807, 2.05) is 12.1 Å². The molecule has 15 heavy (non-hydrogen) atoms. The van der Waals surface area contributed by atoms with Gasteiger partial charge in [0.25, 0.3) is 0 Å². The minimum absolute atomic E-state index is 0.0645. The van der Waals surface area contributed by atoms with Crippen molar-refractivity contribution >= 4 is 11.7 Å². The third-order valence-corrected chi connectivity index (χ3v) is 1.87. The highest BCUT2D eigenvalue weighted by Gasteiger charge is 1.99. The van der Waals surface area contributed by atoms with Gasteiger partial charge in [-0.3, -0.25) is 4.79 Å². The van der Waals surface area contributed by atoms with Gasteiger partial charge in [-0.05, 0) is 24.6 Å². The Morgan fingerprint density at radius 1 is 1.40 bits per heavy atom. The molecule has 3 nitrogen and oxygen atoms in total. The lowest BCUT2D eigenvalue weighted by molar-refractivity contribution is -0.136. The maximum atomic E-state index is 10.4. The lowest BCUT2D eigenvalue weighted by Crippen LogP contribution is -2.01. The molecule has 0 aliphatic rings. The average molecular weight is 203 g/mol. The molecule has 2 N–H and O–H groups in total. The summed E-state index contributed by atoms with van der Waals surface area (Å²) in [5.41, 5.74) is 1.75. The first kappa shape index (κ1) is 11.1. The van der Waals surface area contributed by atoms with E-state index in [4.69, 9.17) is 5.11 Å². The van der Waals surface area contributed by atoms with Crippen molar-refractivity contribution in [1.29, 1.82) is 0 Å². The van der Waals surface area contributed by atoms with E-state index in [0.717, 1.165) is 11.3 Å². The molecular weight excluding hydrogens is 190 g/mol. The molecule has 1 aromatic rings. The van der Waals surface area contributed by atoms with Crippen LogP contribution >= 0.6 is 0 Å². The second-order valence-electron chi connectivity index (χ2n) is 3.05. The number of carboxylic acid groups (broad SMARTS) is 1. The molecule has 0 atom stereocenters. The standard InChI is InChI=1S/C12H13NO2/c1-2-3-8-13-11-6-4-10(5-7-11)9-12(14)15/h4-7,13H,8-9H2,1H3,(H,14,15). The number of aliphatic carboxylic acids is 1. The summed E-state index contributed by atoms with van der Waals surface area (Å²) in [6, 6.07) is 7.32. The van der Waals surface area contributed by atoms with E-state index in [0.29, 0.717) is 6.54 Å². The fourth-order valence-electron chi connectivity index (χ4n) is 1.15.